The average molecular weight is 243 g/mol. The zero-order valence-electron chi connectivity index (χ0n) is 9.96. The fraction of sp³-hybridized carbons (Fsp3) is 0.154. The Balaban J connectivity index is 2.10. The Kier molecular flexibility index (Phi) is 3.52. The first kappa shape index (κ1) is 12.0. The second-order valence-corrected chi connectivity index (χ2v) is 3.95. The number of nitro groups is 1. The Morgan fingerprint density at radius 1 is 1.28 bits per heavy atom. The molecule has 5 heteroatoms. The lowest BCUT2D eigenvalue weighted by atomic mass is 10.2. The van der Waals surface area contributed by atoms with Crippen molar-refractivity contribution in [3.05, 3.63) is 64.0 Å². The first-order chi connectivity index (χ1) is 8.66. The smallest absolute Gasteiger partial charge is 0.292 e. The molecule has 2 aromatic rings. The molecule has 1 N–H and O–H groups in total. The van der Waals surface area contributed by atoms with Crippen LogP contribution in [0.3, 0.4) is 0 Å². The number of anilines is 1. The predicted octanol–water partition coefficient (Wildman–Crippen LogP) is 2.91. The van der Waals surface area contributed by atoms with Crippen molar-refractivity contribution in [1.82, 2.24) is 4.98 Å². The molecular weight excluding hydrogens is 230 g/mol. The van der Waals surface area contributed by atoms with Gasteiger partial charge in [0.1, 0.15) is 5.69 Å². The number of hydrogen-bond acceptors (Lipinski definition) is 4. The van der Waals surface area contributed by atoms with Crippen LogP contribution in [-0.4, -0.2) is 9.91 Å². The summed E-state index contributed by atoms with van der Waals surface area (Å²) >= 11 is 0. The normalized spacial score (nSPS) is 10.1. The van der Waals surface area contributed by atoms with Crippen LogP contribution in [0, 0.1) is 17.0 Å². The molecule has 18 heavy (non-hydrogen) atoms. The molecule has 0 bridgehead atoms. The van der Waals surface area contributed by atoms with Crippen molar-refractivity contribution in [2.75, 3.05) is 5.32 Å². The molecule has 1 heterocycles. The molecule has 0 aliphatic carbocycles. The van der Waals surface area contributed by atoms with Crippen molar-refractivity contribution in [2.45, 2.75) is 13.5 Å². The molecular formula is C13H13N3O2. The van der Waals surface area contributed by atoms with Gasteiger partial charge in [-0.05, 0) is 24.6 Å². The van der Waals surface area contributed by atoms with Gasteiger partial charge in [-0.1, -0.05) is 18.2 Å². The van der Waals surface area contributed by atoms with E-state index in [1.54, 1.807) is 24.4 Å². The van der Waals surface area contributed by atoms with Gasteiger partial charge in [0, 0.05) is 12.3 Å². The number of nitro benzene ring substituents is 1. The van der Waals surface area contributed by atoms with E-state index in [1.807, 2.05) is 19.1 Å². The van der Waals surface area contributed by atoms with Crippen LogP contribution in [0.4, 0.5) is 11.4 Å². The van der Waals surface area contributed by atoms with Crippen molar-refractivity contribution in [3.63, 3.8) is 0 Å². The van der Waals surface area contributed by atoms with Crippen molar-refractivity contribution in [3.8, 4) is 0 Å². The summed E-state index contributed by atoms with van der Waals surface area (Å²) in [5.74, 6) is 0. The molecule has 0 saturated heterocycles. The highest BCUT2D eigenvalue weighted by molar-refractivity contribution is 5.61. The van der Waals surface area contributed by atoms with Crippen LogP contribution in [0.5, 0.6) is 0 Å². The SMILES string of the molecule is Cc1ccc(CNc2ccccc2[N+](=O)[O-])nc1. The van der Waals surface area contributed by atoms with Crippen LogP contribution < -0.4 is 5.32 Å². The molecule has 2 rings (SSSR count). The van der Waals surface area contributed by atoms with Crippen molar-refractivity contribution in [2.24, 2.45) is 0 Å². The summed E-state index contributed by atoms with van der Waals surface area (Å²) in [7, 11) is 0. The summed E-state index contributed by atoms with van der Waals surface area (Å²) in [5.41, 5.74) is 2.51. The second kappa shape index (κ2) is 5.27. The Morgan fingerprint density at radius 3 is 2.72 bits per heavy atom. The average Bonchev–Trinajstić information content (AvgIpc) is 2.38. The summed E-state index contributed by atoms with van der Waals surface area (Å²) in [6.45, 7) is 2.43. The van der Waals surface area contributed by atoms with Crippen LogP contribution >= 0.6 is 0 Å². The minimum atomic E-state index is -0.398. The molecule has 0 saturated carbocycles. The first-order valence-electron chi connectivity index (χ1n) is 5.55. The van der Waals surface area contributed by atoms with Crippen LogP contribution in [-0.2, 0) is 6.54 Å². The summed E-state index contributed by atoms with van der Waals surface area (Å²) in [4.78, 5) is 14.7. The van der Waals surface area contributed by atoms with E-state index in [2.05, 4.69) is 10.3 Å². The third-order valence-corrected chi connectivity index (χ3v) is 2.53. The zero-order chi connectivity index (χ0) is 13.0. The Morgan fingerprint density at radius 2 is 2.06 bits per heavy atom. The largest absolute Gasteiger partial charge is 0.374 e. The number of benzene rings is 1. The lowest BCUT2D eigenvalue weighted by molar-refractivity contribution is -0.384. The lowest BCUT2D eigenvalue weighted by Crippen LogP contribution is -2.03. The first-order valence-corrected chi connectivity index (χ1v) is 5.55. The maximum atomic E-state index is 10.8. The molecule has 0 atom stereocenters. The van der Waals surface area contributed by atoms with Gasteiger partial charge in [-0.25, -0.2) is 0 Å². The molecule has 5 nitrogen and oxygen atoms in total. The fourth-order valence-corrected chi connectivity index (χ4v) is 1.57. The third kappa shape index (κ3) is 2.82. The highest BCUT2D eigenvalue weighted by atomic mass is 16.6. The molecule has 0 radical (unpaired) electrons. The predicted molar refractivity (Wildman–Crippen MR) is 69.4 cm³/mol. The molecule has 0 aliphatic rings. The van der Waals surface area contributed by atoms with E-state index >= 15 is 0 Å². The minimum absolute atomic E-state index is 0.0737. The lowest BCUT2D eigenvalue weighted by Gasteiger charge is -2.06. The van der Waals surface area contributed by atoms with E-state index in [1.165, 1.54) is 6.07 Å². The standard InChI is InChI=1S/C13H13N3O2/c1-10-6-7-11(14-8-10)9-15-12-4-2-3-5-13(12)16(17)18/h2-8,15H,9H2,1H3. The van der Waals surface area contributed by atoms with Crippen LogP contribution in [0.25, 0.3) is 0 Å². The molecule has 1 aromatic heterocycles. The summed E-state index contributed by atoms with van der Waals surface area (Å²) in [6, 6.07) is 10.4. The number of aryl methyl sites for hydroxylation is 1. The van der Waals surface area contributed by atoms with Crippen LogP contribution in [0.1, 0.15) is 11.3 Å². The highest BCUT2D eigenvalue weighted by Crippen LogP contribution is 2.23. The summed E-state index contributed by atoms with van der Waals surface area (Å²) in [5, 5.41) is 13.9. The topological polar surface area (TPSA) is 68.1 Å². The Bertz CT molecular complexity index is 552. The number of rotatable bonds is 4. The van der Waals surface area contributed by atoms with Crippen LogP contribution in [0.15, 0.2) is 42.6 Å². The number of aromatic nitrogens is 1. The maximum absolute atomic E-state index is 10.8. The number of para-hydroxylation sites is 2. The van der Waals surface area contributed by atoms with Gasteiger partial charge in [-0.2, -0.15) is 0 Å². The van der Waals surface area contributed by atoms with Gasteiger partial charge in [-0.3, -0.25) is 15.1 Å². The Labute approximate surface area is 105 Å². The van der Waals surface area contributed by atoms with Crippen molar-refractivity contribution < 1.29 is 4.92 Å². The summed E-state index contributed by atoms with van der Waals surface area (Å²) < 4.78 is 0. The van der Waals surface area contributed by atoms with Gasteiger partial charge in [0.2, 0.25) is 0 Å². The summed E-state index contributed by atoms with van der Waals surface area (Å²) in [6.07, 6.45) is 1.77. The molecule has 0 fully saturated rings. The van der Waals surface area contributed by atoms with E-state index in [0.717, 1.165) is 11.3 Å². The molecule has 0 unspecified atom stereocenters. The molecule has 0 aliphatic heterocycles. The van der Waals surface area contributed by atoms with E-state index in [0.29, 0.717) is 12.2 Å². The quantitative estimate of drug-likeness (QED) is 0.662. The minimum Gasteiger partial charge on any atom is -0.374 e. The van der Waals surface area contributed by atoms with E-state index in [-0.39, 0.29) is 5.69 Å². The highest BCUT2D eigenvalue weighted by Gasteiger charge is 2.11. The van der Waals surface area contributed by atoms with Crippen LogP contribution in [0.2, 0.25) is 0 Å². The number of hydrogen-bond donors (Lipinski definition) is 1. The Hall–Kier alpha value is -2.43. The van der Waals surface area contributed by atoms with E-state index in [4.69, 9.17) is 0 Å². The second-order valence-electron chi connectivity index (χ2n) is 3.95. The monoisotopic (exact) mass is 243 g/mol. The number of pyridine rings is 1. The van der Waals surface area contributed by atoms with E-state index in [9.17, 15) is 10.1 Å². The molecule has 92 valence electrons. The van der Waals surface area contributed by atoms with Gasteiger partial charge in [0.15, 0.2) is 0 Å². The van der Waals surface area contributed by atoms with Crippen molar-refractivity contribution >= 4 is 11.4 Å². The van der Waals surface area contributed by atoms with Gasteiger partial charge in [0.25, 0.3) is 5.69 Å². The van der Waals surface area contributed by atoms with Gasteiger partial charge < -0.3 is 5.32 Å². The molecule has 0 spiro atoms. The third-order valence-electron chi connectivity index (χ3n) is 2.53. The van der Waals surface area contributed by atoms with E-state index < -0.39 is 4.92 Å². The van der Waals surface area contributed by atoms with Gasteiger partial charge in [-0.15, -0.1) is 0 Å². The maximum Gasteiger partial charge on any atom is 0.292 e. The molecule has 1 aromatic carbocycles. The zero-order valence-corrected chi connectivity index (χ0v) is 9.96. The number of nitrogens with one attached hydrogen (secondary N) is 1. The molecule has 0 amide bonds. The fourth-order valence-electron chi connectivity index (χ4n) is 1.57. The van der Waals surface area contributed by atoms with Crippen molar-refractivity contribution in [1.29, 1.82) is 0 Å². The number of nitrogens with zero attached hydrogens (tertiary/aromatic N) is 2. The van der Waals surface area contributed by atoms with Gasteiger partial charge in [0.05, 0.1) is 17.2 Å². The van der Waals surface area contributed by atoms with Gasteiger partial charge >= 0.3 is 0 Å².